The van der Waals surface area contributed by atoms with Gasteiger partial charge in [0, 0.05) is 24.5 Å². The van der Waals surface area contributed by atoms with Crippen LogP contribution in [0.1, 0.15) is 12.6 Å². The third kappa shape index (κ3) is 2.07. The first-order chi connectivity index (χ1) is 10.7. The van der Waals surface area contributed by atoms with Crippen molar-refractivity contribution in [1.82, 2.24) is 19.6 Å². The second kappa shape index (κ2) is 5.14. The number of hydrogen-bond donors (Lipinski definition) is 1. The van der Waals surface area contributed by atoms with Crippen molar-refractivity contribution in [2.45, 2.75) is 19.9 Å². The Balaban J connectivity index is 1.85. The van der Waals surface area contributed by atoms with Gasteiger partial charge in [-0.15, -0.1) is 0 Å². The number of aromatic nitrogens is 4. The molecular weight excluding hydrogens is 278 g/mol. The summed E-state index contributed by atoms with van der Waals surface area (Å²) in [6.07, 6.45) is 3.79. The molecule has 1 atom stereocenters. The molecule has 0 saturated carbocycles. The molecule has 4 rings (SSSR count). The molecule has 1 aliphatic rings. The molecule has 0 aliphatic carbocycles. The number of morpholine rings is 1. The van der Waals surface area contributed by atoms with Gasteiger partial charge in [0.25, 0.3) is 0 Å². The molecule has 22 heavy (non-hydrogen) atoms. The third-order valence-corrected chi connectivity index (χ3v) is 4.19. The molecule has 3 aromatic heterocycles. The molecule has 0 unspecified atom stereocenters. The Bertz CT molecular complexity index is 792. The van der Waals surface area contributed by atoms with E-state index in [1.54, 1.807) is 0 Å². The number of anilines is 1. The molecule has 4 heterocycles. The van der Waals surface area contributed by atoms with Crippen LogP contribution in [0.15, 0.2) is 30.6 Å². The molecule has 0 aromatic carbocycles. The third-order valence-electron chi connectivity index (χ3n) is 4.19. The van der Waals surface area contributed by atoms with Gasteiger partial charge in [-0.1, -0.05) is 0 Å². The number of H-pyrrole nitrogens is 1. The summed E-state index contributed by atoms with van der Waals surface area (Å²) >= 11 is 0. The van der Waals surface area contributed by atoms with E-state index in [1.165, 1.54) is 0 Å². The van der Waals surface area contributed by atoms with Crippen molar-refractivity contribution in [1.29, 1.82) is 0 Å². The van der Waals surface area contributed by atoms with Gasteiger partial charge in [-0.25, -0.2) is 9.50 Å². The zero-order chi connectivity index (χ0) is 15.1. The predicted molar refractivity (Wildman–Crippen MR) is 85.1 cm³/mol. The number of nitrogens with zero attached hydrogens (tertiary/aromatic N) is 4. The number of rotatable bonds is 2. The summed E-state index contributed by atoms with van der Waals surface area (Å²) < 4.78 is 7.42. The van der Waals surface area contributed by atoms with Crippen LogP contribution in [0.3, 0.4) is 0 Å². The number of nitrogens with one attached hydrogen (secondary N) is 1. The fourth-order valence-corrected chi connectivity index (χ4v) is 3.00. The molecular formula is C16H19N5O. The number of fused-ring (bicyclic) bond motifs is 1. The lowest BCUT2D eigenvalue weighted by atomic mass is 10.2. The monoisotopic (exact) mass is 297 g/mol. The Labute approximate surface area is 128 Å². The maximum absolute atomic E-state index is 5.53. The minimum atomic E-state index is 0.333. The number of ether oxygens (including phenoxy) is 1. The fourth-order valence-electron chi connectivity index (χ4n) is 3.00. The standard InChI is InChI=1S/C16H19N5O/c1-11-8-15(20-6-7-22-10-12(20)2)19-16-13(9-18-21(11)16)14-4-3-5-17-14/h3-5,8-9,12,17H,6-7,10H2,1-2H3/t12-/m1/s1. The molecule has 1 N–H and O–H groups in total. The van der Waals surface area contributed by atoms with Crippen LogP contribution in [0.25, 0.3) is 16.9 Å². The molecule has 1 fully saturated rings. The Morgan fingerprint density at radius 3 is 3.09 bits per heavy atom. The van der Waals surface area contributed by atoms with Crippen LogP contribution in [0.5, 0.6) is 0 Å². The van der Waals surface area contributed by atoms with Crippen LogP contribution in [0.4, 0.5) is 5.82 Å². The van der Waals surface area contributed by atoms with Crippen molar-refractivity contribution in [3.05, 3.63) is 36.3 Å². The van der Waals surface area contributed by atoms with Crippen molar-refractivity contribution < 1.29 is 4.74 Å². The molecule has 0 spiro atoms. The fraction of sp³-hybridized carbons (Fsp3) is 0.375. The average Bonchev–Trinajstić information content (AvgIpc) is 3.16. The molecule has 6 nitrogen and oxygen atoms in total. The Morgan fingerprint density at radius 1 is 1.41 bits per heavy atom. The molecule has 0 amide bonds. The summed E-state index contributed by atoms with van der Waals surface area (Å²) in [7, 11) is 0. The van der Waals surface area contributed by atoms with Gasteiger partial charge in [0.05, 0.1) is 36.7 Å². The topological polar surface area (TPSA) is 58.5 Å². The highest BCUT2D eigenvalue weighted by atomic mass is 16.5. The van der Waals surface area contributed by atoms with Gasteiger partial charge in [-0.05, 0) is 26.0 Å². The Morgan fingerprint density at radius 2 is 2.32 bits per heavy atom. The summed E-state index contributed by atoms with van der Waals surface area (Å²) in [5, 5.41) is 4.47. The van der Waals surface area contributed by atoms with Gasteiger partial charge in [0.1, 0.15) is 5.82 Å². The molecule has 0 radical (unpaired) electrons. The van der Waals surface area contributed by atoms with E-state index in [2.05, 4.69) is 34.9 Å². The van der Waals surface area contributed by atoms with E-state index in [1.807, 2.05) is 29.0 Å². The number of aromatic amines is 1. The van der Waals surface area contributed by atoms with E-state index >= 15 is 0 Å². The zero-order valence-electron chi connectivity index (χ0n) is 12.8. The van der Waals surface area contributed by atoms with E-state index in [4.69, 9.17) is 9.72 Å². The van der Waals surface area contributed by atoms with Crippen LogP contribution in [-0.4, -0.2) is 45.4 Å². The molecule has 3 aromatic rings. The number of hydrogen-bond acceptors (Lipinski definition) is 4. The lowest BCUT2D eigenvalue weighted by molar-refractivity contribution is 0.0985. The van der Waals surface area contributed by atoms with E-state index in [0.717, 1.165) is 48.2 Å². The summed E-state index contributed by atoms with van der Waals surface area (Å²) in [6.45, 7) is 6.60. The SMILES string of the molecule is Cc1cc(N2CCOC[C@H]2C)nc2c(-c3ccc[nH]3)cnn12. The van der Waals surface area contributed by atoms with E-state index in [9.17, 15) is 0 Å². The molecule has 0 bridgehead atoms. The highest BCUT2D eigenvalue weighted by Gasteiger charge is 2.22. The Kier molecular flexibility index (Phi) is 3.11. The first-order valence-electron chi connectivity index (χ1n) is 7.57. The van der Waals surface area contributed by atoms with Gasteiger partial charge in [0.15, 0.2) is 5.65 Å². The quantitative estimate of drug-likeness (QED) is 0.788. The van der Waals surface area contributed by atoms with E-state index < -0.39 is 0 Å². The lowest BCUT2D eigenvalue weighted by Gasteiger charge is -2.34. The lowest BCUT2D eigenvalue weighted by Crippen LogP contribution is -2.44. The molecule has 114 valence electrons. The van der Waals surface area contributed by atoms with Crippen molar-refractivity contribution in [2.75, 3.05) is 24.7 Å². The van der Waals surface area contributed by atoms with Gasteiger partial charge < -0.3 is 14.6 Å². The van der Waals surface area contributed by atoms with Crippen molar-refractivity contribution in [2.24, 2.45) is 0 Å². The number of aryl methyl sites for hydroxylation is 1. The second-order valence-corrected chi connectivity index (χ2v) is 5.75. The molecule has 6 heteroatoms. The smallest absolute Gasteiger partial charge is 0.166 e. The highest BCUT2D eigenvalue weighted by Crippen LogP contribution is 2.26. The summed E-state index contributed by atoms with van der Waals surface area (Å²) in [6, 6.07) is 6.46. The first kappa shape index (κ1) is 13.3. The normalized spacial score (nSPS) is 19.0. The van der Waals surface area contributed by atoms with Crippen molar-refractivity contribution >= 4 is 11.5 Å². The van der Waals surface area contributed by atoms with Gasteiger partial charge in [0.2, 0.25) is 0 Å². The average molecular weight is 297 g/mol. The zero-order valence-corrected chi connectivity index (χ0v) is 12.8. The second-order valence-electron chi connectivity index (χ2n) is 5.75. The maximum atomic E-state index is 5.53. The Hall–Kier alpha value is -2.34. The highest BCUT2D eigenvalue weighted by molar-refractivity contribution is 5.75. The van der Waals surface area contributed by atoms with Crippen LogP contribution >= 0.6 is 0 Å². The van der Waals surface area contributed by atoms with Crippen LogP contribution in [-0.2, 0) is 4.74 Å². The molecule has 1 saturated heterocycles. The molecule has 1 aliphatic heterocycles. The maximum Gasteiger partial charge on any atom is 0.166 e. The van der Waals surface area contributed by atoms with Gasteiger partial charge in [-0.2, -0.15) is 5.10 Å². The van der Waals surface area contributed by atoms with Crippen molar-refractivity contribution in [3.8, 4) is 11.3 Å². The minimum absolute atomic E-state index is 0.333. The summed E-state index contributed by atoms with van der Waals surface area (Å²) in [4.78, 5) is 10.4. The minimum Gasteiger partial charge on any atom is -0.377 e. The summed E-state index contributed by atoms with van der Waals surface area (Å²) in [5.41, 5.74) is 4.03. The largest absolute Gasteiger partial charge is 0.377 e. The predicted octanol–water partition coefficient (Wildman–Crippen LogP) is 2.26. The van der Waals surface area contributed by atoms with Gasteiger partial charge in [-0.3, -0.25) is 0 Å². The van der Waals surface area contributed by atoms with Gasteiger partial charge >= 0.3 is 0 Å². The van der Waals surface area contributed by atoms with E-state index in [0.29, 0.717) is 6.04 Å². The van der Waals surface area contributed by atoms with Crippen LogP contribution in [0.2, 0.25) is 0 Å². The van der Waals surface area contributed by atoms with Crippen LogP contribution < -0.4 is 4.90 Å². The first-order valence-corrected chi connectivity index (χ1v) is 7.57. The van der Waals surface area contributed by atoms with Crippen molar-refractivity contribution in [3.63, 3.8) is 0 Å². The van der Waals surface area contributed by atoms with E-state index in [-0.39, 0.29) is 0 Å². The van der Waals surface area contributed by atoms with Crippen LogP contribution in [0, 0.1) is 6.92 Å². The summed E-state index contributed by atoms with van der Waals surface area (Å²) in [5.74, 6) is 0.995.